The van der Waals surface area contributed by atoms with Crippen LogP contribution in [-0.4, -0.2) is 9.13 Å². The third-order valence-corrected chi connectivity index (χ3v) is 7.83. The van der Waals surface area contributed by atoms with Gasteiger partial charge in [0.25, 0.3) is 0 Å². The molecule has 44 heavy (non-hydrogen) atoms. The van der Waals surface area contributed by atoms with Crippen molar-refractivity contribution in [2.75, 3.05) is 0 Å². The SMILES string of the molecule is N#Cc1ccc(-n2c3ccccc3c3ccc4c5ccccc5n(-c5ccc(C(F)(F)F)cc5C(F)(F)F)c4c32)c(C#N)c1. The molecule has 10 heteroatoms. The second-order valence-electron chi connectivity index (χ2n) is 10.2. The third kappa shape index (κ3) is 3.92. The van der Waals surface area contributed by atoms with Crippen LogP contribution in [-0.2, 0) is 12.4 Å². The van der Waals surface area contributed by atoms with Crippen LogP contribution >= 0.6 is 0 Å². The highest BCUT2D eigenvalue weighted by Gasteiger charge is 2.39. The minimum Gasteiger partial charge on any atom is -0.307 e. The summed E-state index contributed by atoms with van der Waals surface area (Å²) < 4.78 is 87.6. The Labute approximate surface area is 244 Å². The van der Waals surface area contributed by atoms with Gasteiger partial charge >= 0.3 is 12.4 Å². The van der Waals surface area contributed by atoms with Crippen molar-refractivity contribution in [1.29, 1.82) is 10.5 Å². The van der Waals surface area contributed by atoms with Gasteiger partial charge in [0.15, 0.2) is 0 Å². The Morgan fingerprint density at radius 3 is 1.59 bits per heavy atom. The van der Waals surface area contributed by atoms with Gasteiger partial charge in [0, 0.05) is 21.5 Å². The van der Waals surface area contributed by atoms with E-state index in [1.165, 1.54) is 10.6 Å². The largest absolute Gasteiger partial charge is 0.418 e. The number of alkyl halides is 6. The number of rotatable bonds is 2. The predicted molar refractivity (Wildman–Crippen MR) is 155 cm³/mol. The summed E-state index contributed by atoms with van der Waals surface area (Å²) in [5.74, 6) is 0. The summed E-state index contributed by atoms with van der Waals surface area (Å²) in [4.78, 5) is 0. The quantitative estimate of drug-likeness (QED) is 0.187. The van der Waals surface area contributed by atoms with E-state index in [-0.39, 0.29) is 17.2 Å². The number of nitriles is 2. The first-order valence-electron chi connectivity index (χ1n) is 13.2. The van der Waals surface area contributed by atoms with E-state index in [0.717, 1.165) is 11.5 Å². The second-order valence-corrected chi connectivity index (χ2v) is 10.2. The van der Waals surface area contributed by atoms with Crippen molar-refractivity contribution in [3.63, 3.8) is 0 Å². The third-order valence-electron chi connectivity index (χ3n) is 7.83. The highest BCUT2D eigenvalue weighted by Crippen LogP contribution is 2.45. The fourth-order valence-electron chi connectivity index (χ4n) is 6.03. The van der Waals surface area contributed by atoms with Crippen molar-refractivity contribution >= 4 is 43.6 Å². The van der Waals surface area contributed by atoms with Gasteiger partial charge in [-0.05, 0) is 48.5 Å². The molecule has 0 bridgehead atoms. The van der Waals surface area contributed by atoms with Crippen LogP contribution in [0.4, 0.5) is 26.3 Å². The van der Waals surface area contributed by atoms with Crippen LogP contribution in [0, 0.1) is 22.7 Å². The number of para-hydroxylation sites is 2. The average molecular weight is 595 g/mol. The van der Waals surface area contributed by atoms with E-state index in [4.69, 9.17) is 0 Å². The van der Waals surface area contributed by atoms with Crippen molar-refractivity contribution < 1.29 is 26.3 Å². The van der Waals surface area contributed by atoms with Gasteiger partial charge in [0.2, 0.25) is 0 Å². The van der Waals surface area contributed by atoms with Gasteiger partial charge in [-0.1, -0.05) is 48.5 Å². The van der Waals surface area contributed by atoms with Crippen LogP contribution in [0.5, 0.6) is 0 Å². The van der Waals surface area contributed by atoms with Gasteiger partial charge in [0.1, 0.15) is 6.07 Å². The summed E-state index contributed by atoms with van der Waals surface area (Å²) in [6.45, 7) is 0. The zero-order valence-electron chi connectivity index (χ0n) is 22.3. The summed E-state index contributed by atoms with van der Waals surface area (Å²) in [6.07, 6.45) is -10.1. The van der Waals surface area contributed by atoms with E-state index in [1.807, 2.05) is 30.3 Å². The van der Waals surface area contributed by atoms with E-state index in [1.54, 1.807) is 53.1 Å². The molecular formula is C34H16F6N4. The van der Waals surface area contributed by atoms with E-state index in [0.29, 0.717) is 50.0 Å². The van der Waals surface area contributed by atoms with Crippen molar-refractivity contribution in [3.05, 3.63) is 119 Å². The maximum absolute atomic E-state index is 14.6. The summed E-state index contributed by atoms with van der Waals surface area (Å²) in [7, 11) is 0. The zero-order chi connectivity index (χ0) is 31.0. The van der Waals surface area contributed by atoms with E-state index in [2.05, 4.69) is 6.07 Å². The van der Waals surface area contributed by atoms with Gasteiger partial charge in [-0.25, -0.2) is 0 Å². The molecule has 5 aromatic carbocycles. The number of hydrogen-bond acceptors (Lipinski definition) is 2. The number of fused-ring (bicyclic) bond motifs is 7. The second kappa shape index (κ2) is 9.38. The molecule has 0 unspecified atom stereocenters. The lowest BCUT2D eigenvalue weighted by molar-refractivity contribution is -0.142. The minimum absolute atomic E-state index is 0.139. The van der Waals surface area contributed by atoms with Crippen LogP contribution in [0.15, 0.2) is 97.1 Å². The van der Waals surface area contributed by atoms with Crippen LogP contribution in [0.25, 0.3) is 55.0 Å². The Hall–Kier alpha value is -5.74. The van der Waals surface area contributed by atoms with Gasteiger partial charge < -0.3 is 9.13 Å². The topological polar surface area (TPSA) is 57.4 Å². The summed E-state index contributed by atoms with van der Waals surface area (Å²) in [5, 5.41) is 22.1. The molecule has 7 rings (SSSR count). The van der Waals surface area contributed by atoms with Crippen LogP contribution in [0.3, 0.4) is 0 Å². The van der Waals surface area contributed by atoms with Crippen LogP contribution in [0.2, 0.25) is 0 Å². The smallest absolute Gasteiger partial charge is 0.307 e. The van der Waals surface area contributed by atoms with Gasteiger partial charge in [0.05, 0.1) is 61.8 Å². The molecule has 0 spiro atoms. The lowest BCUT2D eigenvalue weighted by Crippen LogP contribution is -2.14. The Kier molecular flexibility index (Phi) is 5.78. The minimum atomic E-state index is -5.12. The van der Waals surface area contributed by atoms with Crippen molar-refractivity contribution in [2.45, 2.75) is 12.4 Å². The van der Waals surface area contributed by atoms with Crippen molar-refractivity contribution in [3.8, 4) is 23.5 Å². The van der Waals surface area contributed by atoms with E-state index >= 15 is 0 Å². The summed E-state index contributed by atoms with van der Waals surface area (Å²) in [5.41, 5.74) is -0.731. The molecule has 7 aromatic rings. The molecule has 2 aromatic heterocycles. The molecule has 0 fully saturated rings. The van der Waals surface area contributed by atoms with Crippen molar-refractivity contribution in [2.24, 2.45) is 0 Å². The Balaban J connectivity index is 1.74. The molecule has 0 N–H and O–H groups in total. The highest BCUT2D eigenvalue weighted by molar-refractivity contribution is 6.23. The fourth-order valence-corrected chi connectivity index (χ4v) is 6.03. The Bertz CT molecular complexity index is 2390. The molecule has 0 aliphatic heterocycles. The van der Waals surface area contributed by atoms with Gasteiger partial charge in [-0.3, -0.25) is 0 Å². The Morgan fingerprint density at radius 1 is 0.523 bits per heavy atom. The van der Waals surface area contributed by atoms with Gasteiger partial charge in [-0.2, -0.15) is 36.9 Å². The lowest BCUT2D eigenvalue weighted by Gasteiger charge is -2.19. The zero-order valence-corrected chi connectivity index (χ0v) is 22.3. The maximum Gasteiger partial charge on any atom is 0.418 e. The summed E-state index contributed by atoms with van der Waals surface area (Å²) in [6, 6.07) is 28.0. The van der Waals surface area contributed by atoms with Gasteiger partial charge in [-0.15, -0.1) is 0 Å². The molecule has 0 saturated carbocycles. The fraction of sp³-hybridized carbons (Fsp3) is 0.0588. The number of aromatic nitrogens is 2. The van der Waals surface area contributed by atoms with E-state index in [9.17, 15) is 36.9 Å². The molecule has 0 atom stereocenters. The first-order chi connectivity index (χ1) is 21.0. The van der Waals surface area contributed by atoms with Crippen LogP contribution < -0.4 is 0 Å². The molecule has 2 heterocycles. The lowest BCUT2D eigenvalue weighted by atomic mass is 10.1. The number of hydrogen-bond donors (Lipinski definition) is 0. The van der Waals surface area contributed by atoms with E-state index < -0.39 is 29.2 Å². The average Bonchev–Trinajstić information content (AvgIpc) is 3.52. The number of nitrogens with zero attached hydrogens (tertiary/aromatic N) is 4. The summed E-state index contributed by atoms with van der Waals surface area (Å²) >= 11 is 0. The van der Waals surface area contributed by atoms with Crippen molar-refractivity contribution in [1.82, 2.24) is 9.13 Å². The Morgan fingerprint density at radius 2 is 1.07 bits per heavy atom. The molecular weight excluding hydrogens is 578 g/mol. The molecule has 0 amide bonds. The molecule has 4 nitrogen and oxygen atoms in total. The normalized spacial score (nSPS) is 12.3. The molecule has 214 valence electrons. The predicted octanol–water partition coefficient (Wildman–Crippen LogP) is 9.66. The standard InChI is InChI=1S/C34H16F6N4/c35-33(36,37)21-10-14-30(26(16-21)34(38,39)40)44-29-8-4-2-6-23(29)25-12-11-24-22-5-1-3-7-28(22)43(31(24)32(25)44)27-13-9-19(17-41)15-20(27)18-42/h1-16H. The first-order valence-corrected chi connectivity index (χ1v) is 13.2. The molecule has 0 aliphatic carbocycles. The molecule has 0 saturated heterocycles. The maximum atomic E-state index is 14.6. The number of benzene rings is 5. The van der Waals surface area contributed by atoms with Crippen LogP contribution in [0.1, 0.15) is 22.3 Å². The highest BCUT2D eigenvalue weighted by atomic mass is 19.4. The molecule has 0 aliphatic rings. The molecule has 0 radical (unpaired) electrons. The number of halogens is 6. The monoisotopic (exact) mass is 594 g/mol. The first kappa shape index (κ1) is 27.1.